The number of nitrogens with zero attached hydrogens (tertiary/aromatic N) is 2. The first kappa shape index (κ1) is 13.3. The van der Waals surface area contributed by atoms with Gasteiger partial charge in [0.15, 0.2) is 0 Å². The Morgan fingerprint density at radius 2 is 2.18 bits per heavy atom. The predicted molar refractivity (Wildman–Crippen MR) is 68.4 cm³/mol. The van der Waals surface area contributed by atoms with Crippen LogP contribution in [0.2, 0.25) is 0 Å². The van der Waals surface area contributed by atoms with Crippen LogP contribution in [-0.2, 0) is 10.0 Å². The van der Waals surface area contributed by atoms with Crippen molar-refractivity contribution in [1.82, 2.24) is 14.5 Å². The molecule has 0 saturated carbocycles. The van der Waals surface area contributed by atoms with Gasteiger partial charge in [-0.25, -0.2) is 12.7 Å². The average molecular weight is 261 g/mol. The molecule has 2 aliphatic heterocycles. The van der Waals surface area contributed by atoms with Crippen LogP contribution in [0.25, 0.3) is 0 Å². The molecule has 2 fully saturated rings. The van der Waals surface area contributed by atoms with Crippen molar-refractivity contribution in [2.75, 3.05) is 46.8 Å². The zero-order chi connectivity index (χ0) is 12.5. The second kappa shape index (κ2) is 5.22. The van der Waals surface area contributed by atoms with Gasteiger partial charge in [-0.15, -0.1) is 0 Å². The molecule has 2 heterocycles. The molecule has 0 bridgehead atoms. The van der Waals surface area contributed by atoms with E-state index in [9.17, 15) is 8.42 Å². The van der Waals surface area contributed by atoms with E-state index in [1.807, 2.05) is 7.05 Å². The molecule has 0 spiro atoms. The lowest BCUT2D eigenvalue weighted by molar-refractivity contribution is 0.388. The van der Waals surface area contributed by atoms with Crippen LogP contribution in [0.1, 0.15) is 12.8 Å². The fraction of sp³-hybridized carbons (Fsp3) is 1.00. The Kier molecular flexibility index (Phi) is 4.07. The van der Waals surface area contributed by atoms with Gasteiger partial charge >= 0.3 is 0 Å². The Hall–Kier alpha value is -0.170. The van der Waals surface area contributed by atoms with E-state index in [0.717, 1.165) is 32.5 Å². The first-order chi connectivity index (χ1) is 8.00. The van der Waals surface area contributed by atoms with E-state index in [1.54, 1.807) is 11.4 Å². The second-order valence-corrected chi connectivity index (χ2v) is 7.68. The van der Waals surface area contributed by atoms with E-state index < -0.39 is 10.0 Å². The summed E-state index contributed by atoms with van der Waals surface area (Å²) in [6, 6.07) is 0. The van der Waals surface area contributed by atoms with Crippen LogP contribution in [-0.4, -0.2) is 69.7 Å². The van der Waals surface area contributed by atoms with Crippen LogP contribution in [0.15, 0.2) is 0 Å². The zero-order valence-corrected chi connectivity index (χ0v) is 11.5. The van der Waals surface area contributed by atoms with Crippen molar-refractivity contribution in [2.24, 2.45) is 5.92 Å². The van der Waals surface area contributed by atoms with Crippen molar-refractivity contribution >= 4 is 10.0 Å². The first-order valence-corrected chi connectivity index (χ1v) is 7.85. The van der Waals surface area contributed by atoms with Gasteiger partial charge in [0, 0.05) is 20.1 Å². The maximum Gasteiger partial charge on any atom is 0.218 e. The van der Waals surface area contributed by atoms with Gasteiger partial charge in [0.2, 0.25) is 10.0 Å². The SMILES string of the molecule is CN1CCC(S(=O)(=O)N(C)CC2CCNC2)C1. The Morgan fingerprint density at radius 3 is 2.71 bits per heavy atom. The summed E-state index contributed by atoms with van der Waals surface area (Å²) >= 11 is 0. The van der Waals surface area contributed by atoms with Crippen molar-refractivity contribution in [2.45, 2.75) is 18.1 Å². The zero-order valence-electron chi connectivity index (χ0n) is 10.7. The largest absolute Gasteiger partial charge is 0.316 e. The summed E-state index contributed by atoms with van der Waals surface area (Å²) in [6.45, 7) is 4.20. The summed E-state index contributed by atoms with van der Waals surface area (Å²) in [5.74, 6) is 0.480. The predicted octanol–water partition coefficient (Wildman–Crippen LogP) is -0.438. The van der Waals surface area contributed by atoms with Crippen LogP contribution < -0.4 is 5.32 Å². The minimum absolute atomic E-state index is 0.202. The maximum absolute atomic E-state index is 12.3. The Bertz CT molecular complexity index is 352. The highest BCUT2D eigenvalue weighted by Crippen LogP contribution is 2.20. The molecular weight excluding hydrogens is 238 g/mol. The molecule has 0 aromatic rings. The second-order valence-electron chi connectivity index (χ2n) is 5.36. The molecule has 2 atom stereocenters. The third kappa shape index (κ3) is 2.99. The molecule has 5 nitrogen and oxygen atoms in total. The third-order valence-corrected chi connectivity index (χ3v) is 6.13. The first-order valence-electron chi connectivity index (χ1n) is 6.34. The number of hydrogen-bond acceptors (Lipinski definition) is 4. The molecule has 2 unspecified atom stereocenters. The lowest BCUT2D eigenvalue weighted by atomic mass is 10.1. The number of likely N-dealkylation sites (tertiary alicyclic amines) is 1. The van der Waals surface area contributed by atoms with E-state index in [1.165, 1.54) is 0 Å². The average Bonchev–Trinajstić information content (AvgIpc) is 2.89. The normalized spacial score (nSPS) is 31.5. The van der Waals surface area contributed by atoms with Crippen LogP contribution in [0.4, 0.5) is 0 Å². The topological polar surface area (TPSA) is 52.7 Å². The smallest absolute Gasteiger partial charge is 0.218 e. The highest BCUT2D eigenvalue weighted by Gasteiger charge is 2.35. The van der Waals surface area contributed by atoms with Crippen molar-refractivity contribution in [3.63, 3.8) is 0 Å². The lowest BCUT2D eigenvalue weighted by Crippen LogP contribution is -2.40. The third-order valence-electron chi connectivity index (χ3n) is 3.88. The van der Waals surface area contributed by atoms with Gasteiger partial charge in [-0.2, -0.15) is 0 Å². The minimum Gasteiger partial charge on any atom is -0.316 e. The summed E-state index contributed by atoms with van der Waals surface area (Å²) in [4.78, 5) is 2.09. The van der Waals surface area contributed by atoms with E-state index in [-0.39, 0.29) is 5.25 Å². The fourth-order valence-corrected chi connectivity index (χ4v) is 4.50. The molecule has 100 valence electrons. The minimum atomic E-state index is -3.10. The van der Waals surface area contributed by atoms with E-state index in [2.05, 4.69) is 10.2 Å². The van der Waals surface area contributed by atoms with E-state index in [4.69, 9.17) is 0 Å². The van der Waals surface area contributed by atoms with Gasteiger partial charge in [0.25, 0.3) is 0 Å². The van der Waals surface area contributed by atoms with Gasteiger partial charge < -0.3 is 10.2 Å². The molecular formula is C11H23N3O2S. The quantitative estimate of drug-likeness (QED) is 0.745. The maximum atomic E-state index is 12.3. The number of nitrogens with one attached hydrogen (secondary N) is 1. The van der Waals surface area contributed by atoms with Crippen LogP contribution in [0, 0.1) is 5.92 Å². The highest BCUT2D eigenvalue weighted by molar-refractivity contribution is 7.89. The molecule has 0 aliphatic carbocycles. The van der Waals surface area contributed by atoms with Crippen molar-refractivity contribution in [1.29, 1.82) is 0 Å². The van der Waals surface area contributed by atoms with Crippen molar-refractivity contribution < 1.29 is 8.42 Å². The fourth-order valence-electron chi connectivity index (χ4n) is 2.73. The van der Waals surface area contributed by atoms with Gasteiger partial charge in [0.05, 0.1) is 5.25 Å². The van der Waals surface area contributed by atoms with Crippen LogP contribution in [0.3, 0.4) is 0 Å². The number of hydrogen-bond donors (Lipinski definition) is 1. The molecule has 0 radical (unpaired) electrons. The molecule has 6 heteroatoms. The Balaban J connectivity index is 1.94. The van der Waals surface area contributed by atoms with Crippen molar-refractivity contribution in [3.8, 4) is 0 Å². The van der Waals surface area contributed by atoms with Gasteiger partial charge in [0.1, 0.15) is 0 Å². The molecule has 17 heavy (non-hydrogen) atoms. The van der Waals surface area contributed by atoms with E-state index in [0.29, 0.717) is 19.0 Å². The Morgan fingerprint density at radius 1 is 1.41 bits per heavy atom. The van der Waals surface area contributed by atoms with Crippen LogP contribution >= 0.6 is 0 Å². The highest BCUT2D eigenvalue weighted by atomic mass is 32.2. The van der Waals surface area contributed by atoms with E-state index >= 15 is 0 Å². The van der Waals surface area contributed by atoms with Gasteiger partial charge in [-0.3, -0.25) is 0 Å². The summed E-state index contributed by atoms with van der Waals surface area (Å²) in [7, 11) is 0.615. The molecule has 0 amide bonds. The lowest BCUT2D eigenvalue weighted by Gasteiger charge is -2.23. The number of rotatable bonds is 4. The van der Waals surface area contributed by atoms with Gasteiger partial charge in [-0.1, -0.05) is 0 Å². The van der Waals surface area contributed by atoms with Crippen molar-refractivity contribution in [3.05, 3.63) is 0 Å². The monoisotopic (exact) mass is 261 g/mol. The van der Waals surface area contributed by atoms with Crippen LogP contribution in [0.5, 0.6) is 0 Å². The summed E-state index contributed by atoms with van der Waals surface area (Å²) in [5, 5.41) is 3.07. The summed E-state index contributed by atoms with van der Waals surface area (Å²) in [6.07, 6.45) is 1.86. The van der Waals surface area contributed by atoms with Gasteiger partial charge in [-0.05, 0) is 45.4 Å². The number of sulfonamides is 1. The Labute approximate surface area is 104 Å². The summed E-state index contributed by atoms with van der Waals surface area (Å²) < 4.78 is 26.3. The molecule has 2 saturated heterocycles. The molecule has 0 aromatic carbocycles. The summed E-state index contributed by atoms with van der Waals surface area (Å²) in [5.41, 5.74) is 0. The molecule has 0 aromatic heterocycles. The standard InChI is InChI=1S/C11H23N3O2S/c1-13-6-4-11(9-13)17(15,16)14(2)8-10-3-5-12-7-10/h10-12H,3-9H2,1-2H3. The molecule has 1 N–H and O–H groups in total. The molecule has 2 aliphatic rings. The molecule has 2 rings (SSSR count).